The highest BCUT2D eigenvalue weighted by atomic mass is 79.9. The third kappa shape index (κ3) is 3.39. The topological polar surface area (TPSA) is 41.1 Å². The predicted octanol–water partition coefficient (Wildman–Crippen LogP) is 3.87. The van der Waals surface area contributed by atoms with Gasteiger partial charge in [0.05, 0.1) is 12.4 Å². The summed E-state index contributed by atoms with van der Waals surface area (Å²) < 4.78 is 1.03. The molecule has 1 amide bonds. The SMILES string of the molecule is Cc1ccc(NCNC(=O)c2ccccc2)c(Br)c1C. The molecule has 0 aliphatic carbocycles. The van der Waals surface area contributed by atoms with Crippen LogP contribution in [-0.2, 0) is 0 Å². The van der Waals surface area contributed by atoms with Gasteiger partial charge in [0, 0.05) is 10.0 Å². The second-order valence-corrected chi connectivity index (χ2v) is 5.39. The van der Waals surface area contributed by atoms with E-state index < -0.39 is 0 Å². The minimum absolute atomic E-state index is 0.0851. The van der Waals surface area contributed by atoms with E-state index in [1.807, 2.05) is 24.3 Å². The maximum Gasteiger partial charge on any atom is 0.252 e. The van der Waals surface area contributed by atoms with Crippen molar-refractivity contribution in [2.75, 3.05) is 12.0 Å². The normalized spacial score (nSPS) is 10.2. The summed E-state index contributed by atoms with van der Waals surface area (Å²) in [6.07, 6.45) is 0. The lowest BCUT2D eigenvalue weighted by atomic mass is 10.1. The van der Waals surface area contributed by atoms with E-state index in [0.29, 0.717) is 12.2 Å². The van der Waals surface area contributed by atoms with Crippen molar-refractivity contribution in [1.82, 2.24) is 5.32 Å². The number of carbonyl (C=O) groups excluding carboxylic acids is 1. The smallest absolute Gasteiger partial charge is 0.252 e. The maximum atomic E-state index is 11.9. The van der Waals surface area contributed by atoms with Crippen LogP contribution in [0.2, 0.25) is 0 Å². The highest BCUT2D eigenvalue weighted by Gasteiger charge is 2.06. The molecule has 0 spiro atoms. The quantitative estimate of drug-likeness (QED) is 0.834. The standard InChI is InChI=1S/C16H17BrN2O/c1-11-8-9-14(15(17)12(11)2)18-10-19-16(20)13-6-4-3-5-7-13/h3-9,18H,10H2,1-2H3,(H,19,20). The molecule has 0 fully saturated rings. The van der Waals surface area contributed by atoms with Gasteiger partial charge in [0.1, 0.15) is 0 Å². The van der Waals surface area contributed by atoms with Crippen LogP contribution in [0, 0.1) is 13.8 Å². The van der Waals surface area contributed by atoms with Gasteiger partial charge in [-0.1, -0.05) is 24.3 Å². The molecule has 0 heterocycles. The van der Waals surface area contributed by atoms with Gasteiger partial charge in [-0.3, -0.25) is 4.79 Å². The molecule has 0 bridgehead atoms. The van der Waals surface area contributed by atoms with E-state index >= 15 is 0 Å². The summed E-state index contributed by atoms with van der Waals surface area (Å²) in [7, 11) is 0. The summed E-state index contributed by atoms with van der Waals surface area (Å²) in [5, 5.41) is 6.04. The molecule has 0 radical (unpaired) electrons. The molecule has 0 saturated carbocycles. The summed E-state index contributed by atoms with van der Waals surface area (Å²) in [6.45, 7) is 4.52. The lowest BCUT2D eigenvalue weighted by molar-refractivity contribution is 0.0956. The number of rotatable bonds is 4. The number of anilines is 1. The third-order valence-electron chi connectivity index (χ3n) is 3.22. The van der Waals surface area contributed by atoms with Gasteiger partial charge in [-0.15, -0.1) is 0 Å². The van der Waals surface area contributed by atoms with E-state index in [4.69, 9.17) is 0 Å². The summed E-state index contributed by atoms with van der Waals surface area (Å²) in [6, 6.07) is 13.2. The third-order valence-corrected chi connectivity index (χ3v) is 4.24. The van der Waals surface area contributed by atoms with E-state index in [1.54, 1.807) is 12.1 Å². The first-order valence-electron chi connectivity index (χ1n) is 6.42. The summed E-state index contributed by atoms with van der Waals surface area (Å²) in [5.74, 6) is -0.0851. The van der Waals surface area contributed by atoms with Gasteiger partial charge in [-0.25, -0.2) is 0 Å². The van der Waals surface area contributed by atoms with E-state index in [1.165, 1.54) is 11.1 Å². The zero-order valence-electron chi connectivity index (χ0n) is 11.5. The molecule has 2 rings (SSSR count). The van der Waals surface area contributed by atoms with Gasteiger partial charge in [-0.05, 0) is 59.1 Å². The van der Waals surface area contributed by atoms with Crippen LogP contribution in [0.5, 0.6) is 0 Å². The largest absolute Gasteiger partial charge is 0.367 e. The van der Waals surface area contributed by atoms with Crippen LogP contribution < -0.4 is 10.6 Å². The molecule has 2 aromatic rings. The minimum atomic E-state index is -0.0851. The van der Waals surface area contributed by atoms with Crippen molar-refractivity contribution in [3.8, 4) is 0 Å². The van der Waals surface area contributed by atoms with Gasteiger partial charge < -0.3 is 10.6 Å². The van der Waals surface area contributed by atoms with Gasteiger partial charge in [-0.2, -0.15) is 0 Å². The average Bonchev–Trinajstić information content (AvgIpc) is 2.48. The van der Waals surface area contributed by atoms with E-state index in [9.17, 15) is 4.79 Å². The number of carbonyl (C=O) groups is 1. The van der Waals surface area contributed by atoms with Crippen molar-refractivity contribution in [1.29, 1.82) is 0 Å². The van der Waals surface area contributed by atoms with Crippen LogP contribution >= 0.6 is 15.9 Å². The van der Waals surface area contributed by atoms with Gasteiger partial charge in [0.15, 0.2) is 0 Å². The first-order valence-corrected chi connectivity index (χ1v) is 7.21. The van der Waals surface area contributed by atoms with Crippen molar-refractivity contribution in [3.05, 3.63) is 63.6 Å². The molecular weight excluding hydrogens is 316 g/mol. The first kappa shape index (κ1) is 14.6. The average molecular weight is 333 g/mol. The molecule has 2 N–H and O–H groups in total. The number of hydrogen-bond acceptors (Lipinski definition) is 2. The molecular formula is C16H17BrN2O. The highest BCUT2D eigenvalue weighted by Crippen LogP contribution is 2.27. The van der Waals surface area contributed by atoms with Gasteiger partial charge in [0.25, 0.3) is 5.91 Å². The number of halogens is 1. The first-order chi connectivity index (χ1) is 9.59. The fourth-order valence-electron chi connectivity index (χ4n) is 1.83. The van der Waals surface area contributed by atoms with Crippen molar-refractivity contribution in [3.63, 3.8) is 0 Å². The number of hydrogen-bond donors (Lipinski definition) is 2. The molecule has 104 valence electrons. The van der Waals surface area contributed by atoms with Crippen LogP contribution in [0.3, 0.4) is 0 Å². The number of aryl methyl sites for hydroxylation is 1. The highest BCUT2D eigenvalue weighted by molar-refractivity contribution is 9.10. The molecule has 0 unspecified atom stereocenters. The monoisotopic (exact) mass is 332 g/mol. The number of nitrogens with one attached hydrogen (secondary N) is 2. The minimum Gasteiger partial charge on any atom is -0.367 e. The fraction of sp³-hybridized carbons (Fsp3) is 0.188. The Morgan fingerprint density at radius 2 is 1.80 bits per heavy atom. The Morgan fingerprint density at radius 1 is 1.10 bits per heavy atom. The van der Waals surface area contributed by atoms with Crippen LogP contribution in [-0.4, -0.2) is 12.6 Å². The molecule has 0 saturated heterocycles. The zero-order valence-corrected chi connectivity index (χ0v) is 13.1. The predicted molar refractivity (Wildman–Crippen MR) is 86.0 cm³/mol. The van der Waals surface area contributed by atoms with Gasteiger partial charge in [0.2, 0.25) is 0 Å². The summed E-state index contributed by atoms with van der Waals surface area (Å²) in [5.41, 5.74) is 4.06. The van der Waals surface area contributed by atoms with Crippen molar-refractivity contribution >= 4 is 27.5 Å². The molecule has 2 aromatic carbocycles. The van der Waals surface area contributed by atoms with Crippen LogP contribution in [0.15, 0.2) is 46.9 Å². The van der Waals surface area contributed by atoms with Crippen molar-refractivity contribution in [2.24, 2.45) is 0 Å². The Bertz CT molecular complexity index is 611. The summed E-state index contributed by atoms with van der Waals surface area (Å²) in [4.78, 5) is 11.9. The Balaban J connectivity index is 1.94. The van der Waals surface area contributed by atoms with Crippen molar-refractivity contribution in [2.45, 2.75) is 13.8 Å². The van der Waals surface area contributed by atoms with E-state index in [0.717, 1.165) is 10.2 Å². The maximum absolute atomic E-state index is 11.9. The molecule has 4 heteroatoms. The lowest BCUT2D eigenvalue weighted by Gasteiger charge is -2.13. The lowest BCUT2D eigenvalue weighted by Crippen LogP contribution is -2.29. The Morgan fingerprint density at radius 3 is 2.50 bits per heavy atom. The molecule has 0 aliphatic rings. The second-order valence-electron chi connectivity index (χ2n) is 4.59. The van der Waals surface area contributed by atoms with E-state index in [2.05, 4.69) is 46.5 Å². The Hall–Kier alpha value is -1.81. The van der Waals surface area contributed by atoms with Crippen molar-refractivity contribution < 1.29 is 4.79 Å². The molecule has 0 atom stereocenters. The van der Waals surface area contributed by atoms with Crippen LogP contribution in [0.25, 0.3) is 0 Å². The number of amides is 1. The van der Waals surface area contributed by atoms with Crippen LogP contribution in [0.4, 0.5) is 5.69 Å². The Kier molecular flexibility index (Phi) is 4.79. The van der Waals surface area contributed by atoms with E-state index in [-0.39, 0.29) is 5.91 Å². The molecule has 3 nitrogen and oxygen atoms in total. The molecule has 0 aromatic heterocycles. The number of benzene rings is 2. The molecule has 20 heavy (non-hydrogen) atoms. The zero-order chi connectivity index (χ0) is 14.5. The van der Waals surface area contributed by atoms with Crippen LogP contribution in [0.1, 0.15) is 21.5 Å². The van der Waals surface area contributed by atoms with Gasteiger partial charge >= 0.3 is 0 Å². The second kappa shape index (κ2) is 6.57. The Labute approximate surface area is 127 Å². The molecule has 0 aliphatic heterocycles. The fourth-order valence-corrected chi connectivity index (χ4v) is 2.41. The summed E-state index contributed by atoms with van der Waals surface area (Å²) >= 11 is 3.57.